The number of anilines is 1. The second-order valence-corrected chi connectivity index (χ2v) is 4.35. The number of nitrogens with one attached hydrogen (secondary N) is 1. The standard InChI is InChI=1S/C9H7F3N4OS/c10-9(11,12)3-16-7(17)6-4(13)5-8(18-6)15-2-1-14-5/h1-2H,3,13H2,(H,16,17). The van der Waals surface area contributed by atoms with Crippen molar-refractivity contribution in [2.45, 2.75) is 6.18 Å². The number of amides is 1. The fourth-order valence-corrected chi connectivity index (χ4v) is 2.21. The molecule has 2 rings (SSSR count). The molecule has 0 saturated carbocycles. The number of hydrogen-bond donors (Lipinski definition) is 2. The zero-order valence-corrected chi connectivity index (χ0v) is 9.60. The SMILES string of the molecule is Nc1c(C(=O)NCC(F)(F)F)sc2nccnc12. The van der Waals surface area contributed by atoms with Gasteiger partial charge in [-0.25, -0.2) is 9.97 Å². The van der Waals surface area contributed by atoms with Crippen LogP contribution in [0.2, 0.25) is 0 Å². The largest absolute Gasteiger partial charge is 0.405 e. The molecule has 0 atom stereocenters. The molecule has 0 aromatic carbocycles. The molecular weight excluding hydrogens is 269 g/mol. The van der Waals surface area contributed by atoms with Gasteiger partial charge in [0, 0.05) is 12.4 Å². The van der Waals surface area contributed by atoms with E-state index in [0.29, 0.717) is 10.3 Å². The van der Waals surface area contributed by atoms with Crippen LogP contribution < -0.4 is 11.1 Å². The van der Waals surface area contributed by atoms with E-state index >= 15 is 0 Å². The summed E-state index contributed by atoms with van der Waals surface area (Å²) < 4.78 is 35.9. The number of fused-ring (bicyclic) bond motifs is 1. The highest BCUT2D eigenvalue weighted by Gasteiger charge is 2.29. The van der Waals surface area contributed by atoms with Crippen LogP contribution >= 0.6 is 11.3 Å². The van der Waals surface area contributed by atoms with Gasteiger partial charge in [0.2, 0.25) is 0 Å². The number of alkyl halides is 3. The summed E-state index contributed by atoms with van der Waals surface area (Å²) in [6.07, 6.45) is -1.66. The molecule has 96 valence electrons. The van der Waals surface area contributed by atoms with Gasteiger partial charge < -0.3 is 11.1 Å². The Kier molecular flexibility index (Phi) is 3.07. The van der Waals surface area contributed by atoms with E-state index in [1.165, 1.54) is 12.4 Å². The lowest BCUT2D eigenvalue weighted by Crippen LogP contribution is -2.33. The number of carbonyl (C=O) groups is 1. The zero-order valence-electron chi connectivity index (χ0n) is 8.78. The van der Waals surface area contributed by atoms with Crippen molar-refractivity contribution in [1.29, 1.82) is 0 Å². The highest BCUT2D eigenvalue weighted by atomic mass is 32.1. The fourth-order valence-electron chi connectivity index (χ4n) is 1.27. The number of halogens is 3. The lowest BCUT2D eigenvalue weighted by molar-refractivity contribution is -0.123. The molecule has 0 radical (unpaired) electrons. The van der Waals surface area contributed by atoms with E-state index in [1.54, 1.807) is 5.32 Å². The van der Waals surface area contributed by atoms with Gasteiger partial charge in [0.1, 0.15) is 21.8 Å². The lowest BCUT2D eigenvalue weighted by atomic mass is 10.3. The molecule has 2 heterocycles. The van der Waals surface area contributed by atoms with Crippen LogP contribution in [0.4, 0.5) is 18.9 Å². The van der Waals surface area contributed by atoms with E-state index in [2.05, 4.69) is 9.97 Å². The molecule has 0 aliphatic carbocycles. The minimum Gasteiger partial charge on any atom is -0.396 e. The van der Waals surface area contributed by atoms with Crippen LogP contribution in [0, 0.1) is 0 Å². The zero-order chi connectivity index (χ0) is 13.3. The van der Waals surface area contributed by atoms with Crippen LogP contribution in [0.25, 0.3) is 10.3 Å². The lowest BCUT2D eigenvalue weighted by Gasteiger charge is -2.07. The Morgan fingerprint density at radius 2 is 2.06 bits per heavy atom. The first-order chi connectivity index (χ1) is 8.38. The number of nitrogen functional groups attached to an aromatic ring is 1. The number of nitrogens with two attached hydrogens (primary N) is 1. The van der Waals surface area contributed by atoms with Crippen molar-refractivity contribution in [1.82, 2.24) is 15.3 Å². The van der Waals surface area contributed by atoms with Gasteiger partial charge in [-0.15, -0.1) is 11.3 Å². The predicted octanol–water partition coefficient (Wildman–Crippen LogP) is 1.57. The van der Waals surface area contributed by atoms with Crippen LogP contribution in [-0.4, -0.2) is 28.6 Å². The van der Waals surface area contributed by atoms with Gasteiger partial charge in [-0.05, 0) is 0 Å². The summed E-state index contributed by atoms with van der Waals surface area (Å²) in [6.45, 7) is -1.40. The van der Waals surface area contributed by atoms with Crippen molar-refractivity contribution in [3.05, 3.63) is 17.3 Å². The minimum absolute atomic E-state index is 0.0135. The first kappa shape index (κ1) is 12.6. The predicted molar refractivity (Wildman–Crippen MR) is 60.2 cm³/mol. The minimum atomic E-state index is -4.46. The Morgan fingerprint density at radius 3 is 2.67 bits per heavy atom. The maximum Gasteiger partial charge on any atom is 0.405 e. The van der Waals surface area contributed by atoms with Crippen LogP contribution in [0.1, 0.15) is 9.67 Å². The quantitative estimate of drug-likeness (QED) is 0.872. The van der Waals surface area contributed by atoms with Crippen molar-refractivity contribution in [3.8, 4) is 0 Å². The van der Waals surface area contributed by atoms with Crippen molar-refractivity contribution >= 4 is 33.3 Å². The third kappa shape index (κ3) is 2.50. The van der Waals surface area contributed by atoms with Crippen molar-refractivity contribution in [2.24, 2.45) is 0 Å². The topological polar surface area (TPSA) is 80.9 Å². The Morgan fingerprint density at radius 1 is 1.39 bits per heavy atom. The molecule has 2 aromatic heterocycles. The Hall–Kier alpha value is -1.90. The number of thiophene rings is 1. The van der Waals surface area contributed by atoms with Crippen LogP contribution in [0.3, 0.4) is 0 Å². The molecule has 0 aliphatic rings. The van der Waals surface area contributed by atoms with Crippen LogP contribution in [0.15, 0.2) is 12.4 Å². The number of hydrogen-bond acceptors (Lipinski definition) is 5. The van der Waals surface area contributed by atoms with Crippen molar-refractivity contribution < 1.29 is 18.0 Å². The molecule has 2 aromatic rings. The maximum atomic E-state index is 12.0. The summed E-state index contributed by atoms with van der Waals surface area (Å²) in [5.41, 5.74) is 6.01. The second-order valence-electron chi connectivity index (χ2n) is 3.35. The smallest absolute Gasteiger partial charge is 0.396 e. The first-order valence-electron chi connectivity index (χ1n) is 4.72. The third-order valence-electron chi connectivity index (χ3n) is 2.02. The summed E-state index contributed by atoms with van der Waals surface area (Å²) >= 11 is 0.905. The summed E-state index contributed by atoms with van der Waals surface area (Å²) in [5.74, 6) is -0.880. The van der Waals surface area contributed by atoms with Crippen LogP contribution in [-0.2, 0) is 0 Å². The van der Waals surface area contributed by atoms with Gasteiger partial charge in [-0.1, -0.05) is 0 Å². The molecule has 1 amide bonds. The van der Waals surface area contributed by atoms with E-state index in [-0.39, 0.29) is 10.6 Å². The van der Waals surface area contributed by atoms with E-state index in [4.69, 9.17) is 5.73 Å². The molecule has 0 bridgehead atoms. The van der Waals surface area contributed by atoms with Gasteiger partial charge in [0.05, 0.1) is 5.69 Å². The Balaban J connectivity index is 2.26. The molecule has 18 heavy (non-hydrogen) atoms. The molecule has 0 aliphatic heterocycles. The van der Waals surface area contributed by atoms with E-state index in [9.17, 15) is 18.0 Å². The van der Waals surface area contributed by atoms with Crippen molar-refractivity contribution in [2.75, 3.05) is 12.3 Å². The highest BCUT2D eigenvalue weighted by Crippen LogP contribution is 2.30. The van der Waals surface area contributed by atoms with Gasteiger partial charge in [-0.2, -0.15) is 13.2 Å². The molecule has 0 saturated heterocycles. The van der Waals surface area contributed by atoms with E-state index < -0.39 is 18.6 Å². The number of aromatic nitrogens is 2. The maximum absolute atomic E-state index is 12.0. The van der Waals surface area contributed by atoms with Crippen molar-refractivity contribution in [3.63, 3.8) is 0 Å². The first-order valence-corrected chi connectivity index (χ1v) is 5.54. The molecular formula is C9H7F3N4OS. The number of carbonyl (C=O) groups excluding carboxylic acids is 1. The number of rotatable bonds is 2. The second kappa shape index (κ2) is 4.41. The average molecular weight is 276 g/mol. The van der Waals surface area contributed by atoms with Gasteiger partial charge >= 0.3 is 6.18 Å². The van der Waals surface area contributed by atoms with Gasteiger partial charge in [0.25, 0.3) is 5.91 Å². The van der Waals surface area contributed by atoms with E-state index in [0.717, 1.165) is 11.3 Å². The molecule has 3 N–H and O–H groups in total. The molecule has 9 heteroatoms. The van der Waals surface area contributed by atoms with E-state index in [1.807, 2.05) is 0 Å². The number of nitrogens with zero attached hydrogens (tertiary/aromatic N) is 2. The molecule has 5 nitrogen and oxygen atoms in total. The fraction of sp³-hybridized carbons (Fsp3) is 0.222. The normalized spacial score (nSPS) is 11.7. The summed E-state index contributed by atoms with van der Waals surface area (Å²) in [5, 5.41) is 1.75. The third-order valence-corrected chi connectivity index (χ3v) is 3.12. The Labute approximate surface area is 103 Å². The monoisotopic (exact) mass is 276 g/mol. The summed E-state index contributed by atoms with van der Waals surface area (Å²) in [4.78, 5) is 19.8. The molecule has 0 fully saturated rings. The highest BCUT2D eigenvalue weighted by molar-refractivity contribution is 7.21. The summed E-state index contributed by atoms with van der Waals surface area (Å²) in [6, 6.07) is 0. The molecule has 0 unspecified atom stereocenters. The van der Waals surface area contributed by atoms with Gasteiger partial charge in [-0.3, -0.25) is 4.79 Å². The summed E-state index contributed by atoms with van der Waals surface area (Å²) in [7, 11) is 0. The van der Waals surface area contributed by atoms with Gasteiger partial charge in [0.15, 0.2) is 0 Å². The molecule has 0 spiro atoms. The Bertz CT molecular complexity index is 595. The average Bonchev–Trinajstić information content (AvgIpc) is 2.64. The van der Waals surface area contributed by atoms with Crippen LogP contribution in [0.5, 0.6) is 0 Å².